The lowest BCUT2D eigenvalue weighted by Crippen LogP contribution is -2.58. The molecule has 0 amide bonds. The van der Waals surface area contributed by atoms with Gasteiger partial charge in [-0.1, -0.05) is 0 Å². The predicted molar refractivity (Wildman–Crippen MR) is 69.5 cm³/mol. The number of ether oxygens (including phenoxy) is 1. The Hall–Kier alpha value is -0.330. The SMILES string of the molecule is FC(F)(F)COCCN1CC(C2CC2)NCC1C1CC1. The van der Waals surface area contributed by atoms with Crippen LogP contribution in [0.5, 0.6) is 0 Å². The first-order chi connectivity index (χ1) is 9.53. The van der Waals surface area contributed by atoms with Crippen LogP contribution in [0.1, 0.15) is 25.7 Å². The molecule has 0 spiro atoms. The van der Waals surface area contributed by atoms with Crippen molar-refractivity contribution in [2.45, 2.75) is 43.9 Å². The third-order valence-corrected chi connectivity index (χ3v) is 4.64. The monoisotopic (exact) mass is 292 g/mol. The van der Waals surface area contributed by atoms with Crippen LogP contribution in [-0.2, 0) is 4.74 Å². The van der Waals surface area contributed by atoms with Crippen molar-refractivity contribution >= 4 is 0 Å². The fourth-order valence-corrected chi connectivity index (χ4v) is 3.24. The summed E-state index contributed by atoms with van der Waals surface area (Å²) in [5, 5.41) is 3.63. The van der Waals surface area contributed by atoms with Crippen LogP contribution in [0.2, 0.25) is 0 Å². The zero-order valence-electron chi connectivity index (χ0n) is 11.7. The molecule has 0 aromatic heterocycles. The minimum atomic E-state index is -4.21. The van der Waals surface area contributed by atoms with E-state index in [1.54, 1.807) is 0 Å². The van der Waals surface area contributed by atoms with Gasteiger partial charge in [-0.3, -0.25) is 4.90 Å². The highest BCUT2D eigenvalue weighted by molar-refractivity contribution is 4.98. The molecule has 20 heavy (non-hydrogen) atoms. The molecule has 3 fully saturated rings. The Labute approximate surface area is 117 Å². The maximum atomic E-state index is 12.1. The summed E-state index contributed by atoms with van der Waals surface area (Å²) in [6.45, 7) is 1.65. The molecule has 2 atom stereocenters. The Morgan fingerprint density at radius 3 is 2.40 bits per heavy atom. The molecule has 1 saturated heterocycles. The highest BCUT2D eigenvalue weighted by Crippen LogP contribution is 2.39. The molecule has 3 nitrogen and oxygen atoms in total. The molecule has 2 aliphatic carbocycles. The summed E-state index contributed by atoms with van der Waals surface area (Å²) >= 11 is 0. The van der Waals surface area contributed by atoms with Gasteiger partial charge in [-0.2, -0.15) is 13.2 Å². The molecule has 1 aliphatic heterocycles. The molecule has 0 bridgehead atoms. The molecule has 2 saturated carbocycles. The van der Waals surface area contributed by atoms with Gasteiger partial charge in [0.25, 0.3) is 0 Å². The smallest absolute Gasteiger partial charge is 0.371 e. The minimum Gasteiger partial charge on any atom is -0.371 e. The third-order valence-electron chi connectivity index (χ3n) is 4.64. The largest absolute Gasteiger partial charge is 0.411 e. The number of halogens is 3. The van der Waals surface area contributed by atoms with Crippen molar-refractivity contribution in [3.8, 4) is 0 Å². The summed E-state index contributed by atoms with van der Waals surface area (Å²) in [6, 6.07) is 1.03. The maximum Gasteiger partial charge on any atom is 0.411 e. The number of piperazine rings is 1. The van der Waals surface area contributed by atoms with Crippen LogP contribution in [-0.4, -0.2) is 56.0 Å². The molecule has 0 aromatic carbocycles. The zero-order chi connectivity index (χ0) is 14.2. The number of alkyl halides is 3. The minimum absolute atomic E-state index is 0.181. The fourth-order valence-electron chi connectivity index (χ4n) is 3.24. The Kier molecular flexibility index (Phi) is 4.24. The molecule has 3 aliphatic rings. The van der Waals surface area contributed by atoms with Gasteiger partial charge in [-0.25, -0.2) is 0 Å². The van der Waals surface area contributed by atoms with E-state index in [-0.39, 0.29) is 6.61 Å². The van der Waals surface area contributed by atoms with Gasteiger partial charge in [0.1, 0.15) is 6.61 Å². The van der Waals surface area contributed by atoms with E-state index in [0.717, 1.165) is 24.9 Å². The second kappa shape index (κ2) is 5.81. The van der Waals surface area contributed by atoms with Crippen molar-refractivity contribution in [2.24, 2.45) is 11.8 Å². The van der Waals surface area contributed by atoms with E-state index in [0.29, 0.717) is 18.6 Å². The van der Waals surface area contributed by atoms with Crippen LogP contribution in [0.15, 0.2) is 0 Å². The molecule has 1 N–H and O–H groups in total. The first kappa shape index (κ1) is 14.6. The topological polar surface area (TPSA) is 24.5 Å². The molecule has 1 heterocycles. The van der Waals surface area contributed by atoms with Gasteiger partial charge in [0.15, 0.2) is 0 Å². The summed E-state index contributed by atoms with van der Waals surface area (Å²) in [5.41, 5.74) is 0. The van der Waals surface area contributed by atoms with Crippen LogP contribution < -0.4 is 5.32 Å². The van der Waals surface area contributed by atoms with Crippen molar-refractivity contribution in [3.63, 3.8) is 0 Å². The quantitative estimate of drug-likeness (QED) is 0.758. The van der Waals surface area contributed by atoms with Crippen molar-refractivity contribution < 1.29 is 17.9 Å². The van der Waals surface area contributed by atoms with Crippen molar-refractivity contribution in [2.75, 3.05) is 32.8 Å². The number of nitrogens with zero attached hydrogens (tertiary/aromatic N) is 1. The molecule has 6 heteroatoms. The molecular formula is C14H23F3N2O. The highest BCUT2D eigenvalue weighted by Gasteiger charge is 2.42. The van der Waals surface area contributed by atoms with Crippen LogP contribution in [0.4, 0.5) is 13.2 Å². The Bertz CT molecular complexity index is 329. The summed E-state index contributed by atoms with van der Waals surface area (Å²) in [4.78, 5) is 2.37. The Morgan fingerprint density at radius 2 is 1.80 bits per heavy atom. The van der Waals surface area contributed by atoms with Crippen LogP contribution in [0, 0.1) is 11.8 Å². The van der Waals surface area contributed by atoms with E-state index in [2.05, 4.69) is 10.2 Å². The average molecular weight is 292 g/mol. The Morgan fingerprint density at radius 1 is 1.10 bits per heavy atom. The standard InChI is InChI=1S/C14H23F3N2O/c15-14(16,17)9-20-6-5-19-8-12(10-1-2-10)18-7-13(19)11-3-4-11/h10-13,18H,1-9H2. The lowest BCUT2D eigenvalue weighted by atomic mass is 10.0. The lowest BCUT2D eigenvalue weighted by Gasteiger charge is -2.41. The number of hydrogen-bond acceptors (Lipinski definition) is 3. The second-order valence-electron chi connectivity index (χ2n) is 6.42. The van der Waals surface area contributed by atoms with Gasteiger partial charge in [0, 0.05) is 31.7 Å². The van der Waals surface area contributed by atoms with Crippen molar-refractivity contribution in [1.82, 2.24) is 10.2 Å². The van der Waals surface area contributed by atoms with Gasteiger partial charge >= 0.3 is 6.18 Å². The normalized spacial score (nSPS) is 32.5. The van der Waals surface area contributed by atoms with Crippen LogP contribution in [0.3, 0.4) is 0 Å². The molecule has 2 unspecified atom stereocenters. The molecular weight excluding hydrogens is 269 g/mol. The van der Waals surface area contributed by atoms with Crippen molar-refractivity contribution in [3.05, 3.63) is 0 Å². The number of hydrogen-bond donors (Lipinski definition) is 1. The van der Waals surface area contributed by atoms with Crippen LogP contribution >= 0.6 is 0 Å². The summed E-state index contributed by atoms with van der Waals surface area (Å²) in [7, 11) is 0. The Balaban J connectivity index is 1.45. The van der Waals surface area contributed by atoms with Gasteiger partial charge in [-0.05, 0) is 37.5 Å². The van der Waals surface area contributed by atoms with E-state index in [1.807, 2.05) is 0 Å². The van der Waals surface area contributed by atoms with Crippen LogP contribution in [0.25, 0.3) is 0 Å². The lowest BCUT2D eigenvalue weighted by molar-refractivity contribution is -0.175. The zero-order valence-corrected chi connectivity index (χ0v) is 11.7. The van der Waals surface area contributed by atoms with Crippen molar-refractivity contribution in [1.29, 1.82) is 0 Å². The van der Waals surface area contributed by atoms with E-state index < -0.39 is 12.8 Å². The number of nitrogens with one attached hydrogen (secondary N) is 1. The predicted octanol–water partition coefficient (Wildman–Crippen LogP) is 2.03. The van der Waals surface area contributed by atoms with E-state index in [9.17, 15) is 13.2 Å². The molecule has 0 aromatic rings. The number of rotatable bonds is 6. The first-order valence-corrected chi connectivity index (χ1v) is 7.65. The fraction of sp³-hybridized carbons (Fsp3) is 1.00. The van der Waals surface area contributed by atoms with E-state index in [1.165, 1.54) is 25.7 Å². The maximum absolute atomic E-state index is 12.1. The first-order valence-electron chi connectivity index (χ1n) is 7.65. The second-order valence-corrected chi connectivity index (χ2v) is 6.42. The third kappa shape index (κ3) is 4.09. The van der Waals surface area contributed by atoms with Gasteiger partial charge in [-0.15, -0.1) is 0 Å². The summed E-state index contributed by atoms with van der Waals surface area (Å²) < 4.78 is 41.0. The van der Waals surface area contributed by atoms with Gasteiger partial charge in [0.05, 0.1) is 6.61 Å². The molecule has 116 valence electrons. The van der Waals surface area contributed by atoms with E-state index >= 15 is 0 Å². The summed E-state index contributed by atoms with van der Waals surface area (Å²) in [6.07, 6.45) is 0.908. The average Bonchev–Trinajstić information content (AvgIpc) is 3.27. The van der Waals surface area contributed by atoms with Gasteiger partial charge in [0.2, 0.25) is 0 Å². The molecule has 3 rings (SSSR count). The highest BCUT2D eigenvalue weighted by atomic mass is 19.4. The molecule has 0 radical (unpaired) electrons. The van der Waals surface area contributed by atoms with E-state index in [4.69, 9.17) is 4.74 Å². The van der Waals surface area contributed by atoms with Gasteiger partial charge < -0.3 is 10.1 Å². The summed E-state index contributed by atoms with van der Waals surface area (Å²) in [5.74, 6) is 1.53.